The molecule has 0 heterocycles. The van der Waals surface area contributed by atoms with Crippen LogP contribution in [0.1, 0.15) is 140 Å². The van der Waals surface area contributed by atoms with E-state index in [2.05, 4.69) is 41.5 Å². The van der Waals surface area contributed by atoms with Crippen molar-refractivity contribution in [1.29, 1.82) is 0 Å². The van der Waals surface area contributed by atoms with Gasteiger partial charge in [0.1, 0.15) is 0 Å². The molecule has 0 atom stereocenters. The van der Waals surface area contributed by atoms with Crippen molar-refractivity contribution >= 4 is 17.9 Å². The molecular weight excluding hydrogens is 564 g/mol. The lowest BCUT2D eigenvalue weighted by molar-refractivity contribution is 0.0646. The van der Waals surface area contributed by atoms with E-state index in [9.17, 15) is 29.7 Å². The molecule has 4 aromatic rings. The van der Waals surface area contributed by atoms with E-state index in [0.29, 0.717) is 23.0 Å². The van der Waals surface area contributed by atoms with Crippen LogP contribution in [-0.2, 0) is 19.3 Å². The molecule has 0 saturated heterocycles. The van der Waals surface area contributed by atoms with Crippen molar-refractivity contribution in [1.82, 2.24) is 0 Å². The lowest BCUT2D eigenvalue weighted by Gasteiger charge is -2.23. The maximum absolute atomic E-state index is 13.1. The number of carboxylic acid groups (broad SMARTS) is 3. The highest BCUT2D eigenvalue weighted by Gasteiger charge is 2.33. The molecule has 0 radical (unpaired) electrons. The minimum atomic E-state index is -1.46. The van der Waals surface area contributed by atoms with Gasteiger partial charge in [-0.3, -0.25) is 0 Å². The number of rotatable bonds is 12. The van der Waals surface area contributed by atoms with Crippen LogP contribution in [0.4, 0.5) is 0 Å². The first-order valence-electron chi connectivity index (χ1n) is 15.4. The first kappa shape index (κ1) is 33.2. The van der Waals surface area contributed by atoms with Crippen molar-refractivity contribution in [2.45, 2.75) is 78.6 Å². The number of hydrogen-bond donors (Lipinski definition) is 3. The van der Waals surface area contributed by atoms with Crippen molar-refractivity contribution in [3.8, 4) is 0 Å². The second-order valence-electron chi connectivity index (χ2n) is 12.7. The monoisotopic (exact) mass is 606 g/mol. The summed E-state index contributed by atoms with van der Waals surface area (Å²) in [6.07, 6.45) is 0.173. The predicted molar refractivity (Wildman–Crippen MR) is 177 cm³/mol. The van der Waals surface area contributed by atoms with E-state index in [1.165, 1.54) is 0 Å². The van der Waals surface area contributed by atoms with Crippen molar-refractivity contribution in [3.63, 3.8) is 0 Å². The Bertz CT molecular complexity index is 1690. The van der Waals surface area contributed by atoms with Crippen LogP contribution in [0.5, 0.6) is 0 Å². The normalized spacial score (nSPS) is 11.4. The molecule has 4 aromatic carbocycles. The maximum Gasteiger partial charge on any atom is 0.336 e. The van der Waals surface area contributed by atoms with Crippen molar-refractivity contribution in [2.75, 3.05) is 0 Å². The third kappa shape index (κ3) is 7.51. The van der Waals surface area contributed by atoms with Gasteiger partial charge in [-0.15, -0.1) is 0 Å². The molecule has 0 saturated carbocycles. The quantitative estimate of drug-likeness (QED) is 0.148. The molecule has 0 unspecified atom stereocenters. The zero-order valence-electron chi connectivity index (χ0n) is 26.8. The highest BCUT2D eigenvalue weighted by Crippen LogP contribution is 2.35. The average Bonchev–Trinajstić information content (AvgIpc) is 2.98. The zero-order valence-corrected chi connectivity index (χ0v) is 26.8. The lowest BCUT2D eigenvalue weighted by atomic mass is 9.79. The van der Waals surface area contributed by atoms with Crippen LogP contribution < -0.4 is 0 Å². The van der Waals surface area contributed by atoms with E-state index in [1.807, 2.05) is 72.8 Å². The van der Waals surface area contributed by atoms with Crippen LogP contribution in [0.2, 0.25) is 0 Å². The van der Waals surface area contributed by atoms with Gasteiger partial charge in [0.05, 0.1) is 16.7 Å². The molecule has 0 fully saturated rings. The van der Waals surface area contributed by atoms with Gasteiger partial charge in [0.15, 0.2) is 0 Å². The molecule has 0 spiro atoms. The number of carbonyl (C=O) groups is 3. The van der Waals surface area contributed by atoms with Gasteiger partial charge in [-0.05, 0) is 87.1 Å². The summed E-state index contributed by atoms with van der Waals surface area (Å²) in [7, 11) is 0. The van der Waals surface area contributed by atoms with Gasteiger partial charge in [0.25, 0.3) is 0 Å². The van der Waals surface area contributed by atoms with Crippen LogP contribution in [-0.4, -0.2) is 33.2 Å². The SMILES string of the molecule is CC(C)c1ccc(Cc2c(Cc3ccc(C(C)C)cc3)c(C(=O)O)c(C(=O)O)c(Cc3ccc(C(C)C)cc3)c2C(=O)O)cc1. The molecule has 6 heteroatoms. The summed E-state index contributed by atoms with van der Waals surface area (Å²) < 4.78 is 0. The molecule has 6 nitrogen and oxygen atoms in total. The first-order valence-corrected chi connectivity index (χ1v) is 15.4. The molecule has 0 aliphatic heterocycles. The van der Waals surface area contributed by atoms with Crippen molar-refractivity contribution in [2.24, 2.45) is 0 Å². The molecular formula is C39H42O6. The van der Waals surface area contributed by atoms with Crippen LogP contribution in [0, 0.1) is 0 Å². The first-order chi connectivity index (χ1) is 21.3. The molecule has 3 N–H and O–H groups in total. The van der Waals surface area contributed by atoms with Gasteiger partial charge in [-0.25, -0.2) is 14.4 Å². The Balaban J connectivity index is 2.03. The topological polar surface area (TPSA) is 112 Å². The summed E-state index contributed by atoms with van der Waals surface area (Å²) in [5.74, 6) is -3.26. The summed E-state index contributed by atoms with van der Waals surface area (Å²) in [5.41, 5.74) is 5.15. The minimum Gasteiger partial charge on any atom is -0.478 e. The summed E-state index contributed by atoms with van der Waals surface area (Å²) in [6, 6.07) is 23.1. The lowest BCUT2D eigenvalue weighted by Crippen LogP contribution is -2.23. The number of benzene rings is 4. The second-order valence-corrected chi connectivity index (χ2v) is 12.7. The Morgan fingerprint density at radius 1 is 0.422 bits per heavy atom. The van der Waals surface area contributed by atoms with Gasteiger partial charge >= 0.3 is 17.9 Å². The third-order valence-corrected chi connectivity index (χ3v) is 8.54. The smallest absolute Gasteiger partial charge is 0.336 e. The highest BCUT2D eigenvalue weighted by atomic mass is 16.4. The summed E-state index contributed by atoms with van der Waals surface area (Å²) in [6.45, 7) is 12.5. The standard InChI is InChI=1S/C39H42O6/c1-22(2)28-13-7-25(8-14-28)19-31-32(20-26-9-15-29(16-10-26)23(3)4)35(38(42)43)36(39(44)45)33(34(31)37(40)41)21-27-11-17-30(18-12-27)24(5)6/h7-18,22-24H,19-21H2,1-6H3,(H,40,41)(H,42,43)(H,44,45). The Morgan fingerprint density at radius 2 is 0.667 bits per heavy atom. The van der Waals surface area contributed by atoms with Gasteiger partial charge < -0.3 is 15.3 Å². The Kier molecular flexibility index (Phi) is 10.3. The maximum atomic E-state index is 13.1. The van der Waals surface area contributed by atoms with Crippen LogP contribution >= 0.6 is 0 Å². The van der Waals surface area contributed by atoms with Crippen molar-refractivity contribution in [3.05, 3.63) is 140 Å². The van der Waals surface area contributed by atoms with E-state index < -0.39 is 23.5 Å². The molecule has 0 amide bonds. The number of aromatic carboxylic acids is 3. The van der Waals surface area contributed by atoms with Gasteiger partial charge in [-0.1, -0.05) is 114 Å². The molecule has 0 aliphatic rings. The average molecular weight is 607 g/mol. The van der Waals surface area contributed by atoms with E-state index in [1.54, 1.807) is 0 Å². The van der Waals surface area contributed by atoms with E-state index in [-0.39, 0.29) is 47.4 Å². The van der Waals surface area contributed by atoms with Crippen LogP contribution in [0.15, 0.2) is 72.8 Å². The fraction of sp³-hybridized carbons (Fsp3) is 0.308. The summed E-state index contributed by atoms with van der Waals surface area (Å²) in [5, 5.41) is 31.8. The summed E-state index contributed by atoms with van der Waals surface area (Å²) >= 11 is 0. The van der Waals surface area contributed by atoms with Gasteiger partial charge in [-0.2, -0.15) is 0 Å². The number of carboxylic acids is 3. The molecule has 0 aliphatic carbocycles. The Labute approximate surface area is 265 Å². The minimum absolute atomic E-state index is 0.00240. The molecule has 0 bridgehead atoms. The van der Waals surface area contributed by atoms with E-state index >= 15 is 0 Å². The van der Waals surface area contributed by atoms with Crippen LogP contribution in [0.3, 0.4) is 0 Å². The van der Waals surface area contributed by atoms with Gasteiger partial charge in [0, 0.05) is 0 Å². The zero-order chi connectivity index (χ0) is 33.0. The third-order valence-electron chi connectivity index (χ3n) is 8.54. The fourth-order valence-electron chi connectivity index (χ4n) is 5.88. The Hall–Kier alpha value is -4.71. The van der Waals surface area contributed by atoms with E-state index in [0.717, 1.165) is 27.8 Å². The fourth-order valence-corrected chi connectivity index (χ4v) is 5.88. The molecule has 4 rings (SSSR count). The van der Waals surface area contributed by atoms with Gasteiger partial charge in [0.2, 0.25) is 0 Å². The molecule has 234 valence electrons. The predicted octanol–water partition coefficient (Wildman–Crippen LogP) is 8.92. The summed E-state index contributed by atoms with van der Waals surface area (Å²) in [4.78, 5) is 39.0. The highest BCUT2D eigenvalue weighted by molar-refractivity contribution is 6.08. The van der Waals surface area contributed by atoms with E-state index in [4.69, 9.17) is 0 Å². The molecule has 0 aromatic heterocycles. The molecule has 45 heavy (non-hydrogen) atoms. The second kappa shape index (κ2) is 13.9. The van der Waals surface area contributed by atoms with Crippen LogP contribution in [0.25, 0.3) is 0 Å². The van der Waals surface area contributed by atoms with Crippen molar-refractivity contribution < 1.29 is 29.7 Å². The largest absolute Gasteiger partial charge is 0.478 e. The Morgan fingerprint density at radius 3 is 0.933 bits per heavy atom. The number of hydrogen-bond acceptors (Lipinski definition) is 3.